The Morgan fingerprint density at radius 1 is 1.21 bits per heavy atom. The summed E-state index contributed by atoms with van der Waals surface area (Å²) in [7, 11) is -2.21. The van der Waals surface area contributed by atoms with Gasteiger partial charge in [-0.3, -0.25) is 4.79 Å². The summed E-state index contributed by atoms with van der Waals surface area (Å²) in [6.45, 7) is 17.1. The molecule has 4 aliphatic rings. The third-order valence-electron chi connectivity index (χ3n) is 9.47. The molecule has 6 atom stereocenters. The summed E-state index contributed by atoms with van der Waals surface area (Å²) in [4.78, 5) is 27.2. The van der Waals surface area contributed by atoms with Gasteiger partial charge in [-0.05, 0) is 68.6 Å². The van der Waals surface area contributed by atoms with Gasteiger partial charge in [-0.1, -0.05) is 58.0 Å². The third kappa shape index (κ3) is 3.31. The second-order valence-electron chi connectivity index (χ2n) is 12.3. The zero-order chi connectivity index (χ0) is 24.4. The summed E-state index contributed by atoms with van der Waals surface area (Å²) >= 11 is 0. The van der Waals surface area contributed by atoms with Gasteiger partial charge in [-0.2, -0.15) is 0 Å². The van der Waals surface area contributed by atoms with Gasteiger partial charge in [0.25, 0.3) is 0 Å². The molecule has 0 amide bonds. The van der Waals surface area contributed by atoms with E-state index in [0.29, 0.717) is 12.3 Å². The predicted octanol–water partition coefficient (Wildman–Crippen LogP) is 5.67. The summed E-state index contributed by atoms with van der Waals surface area (Å²) in [5.41, 5.74) is -2.36. The van der Waals surface area contributed by atoms with E-state index in [-0.39, 0.29) is 29.5 Å². The molecule has 1 heterocycles. The van der Waals surface area contributed by atoms with Crippen LogP contribution in [0.2, 0.25) is 18.1 Å². The van der Waals surface area contributed by atoms with Crippen molar-refractivity contribution in [2.45, 2.75) is 103 Å². The number of ether oxygens (including phenoxy) is 2. The predicted molar refractivity (Wildman–Crippen MR) is 130 cm³/mol. The van der Waals surface area contributed by atoms with Gasteiger partial charge in [0.1, 0.15) is 5.60 Å². The largest absolute Gasteiger partial charge is 0.456 e. The van der Waals surface area contributed by atoms with Crippen LogP contribution in [-0.2, 0) is 30.1 Å². The third-order valence-corrected chi connectivity index (χ3v) is 13.9. The topological polar surface area (TPSA) is 61.8 Å². The molecule has 33 heavy (non-hydrogen) atoms. The van der Waals surface area contributed by atoms with Crippen molar-refractivity contribution >= 4 is 20.1 Å². The molecule has 3 saturated carbocycles. The monoisotopic (exact) mass is 472 g/mol. The van der Waals surface area contributed by atoms with Gasteiger partial charge in [0.15, 0.2) is 14.1 Å². The van der Waals surface area contributed by atoms with Crippen LogP contribution in [0.5, 0.6) is 0 Å². The molecule has 3 aliphatic carbocycles. The molecule has 2 bridgehead atoms. The Balaban J connectivity index is 1.86. The second kappa shape index (κ2) is 7.75. The first-order valence-electron chi connectivity index (χ1n) is 12.3. The Kier molecular flexibility index (Phi) is 5.78. The molecular weight excluding hydrogens is 432 g/mol. The fourth-order valence-electron chi connectivity index (χ4n) is 6.61. The highest BCUT2D eigenvalue weighted by molar-refractivity contribution is 6.74. The van der Waals surface area contributed by atoms with Crippen molar-refractivity contribution in [1.29, 1.82) is 0 Å². The molecule has 1 aromatic rings. The van der Waals surface area contributed by atoms with Crippen LogP contribution in [0, 0.1) is 17.3 Å². The maximum atomic E-state index is 13.7. The molecule has 5 rings (SSSR count). The Labute approximate surface area is 199 Å². The zero-order valence-corrected chi connectivity index (χ0v) is 22.5. The van der Waals surface area contributed by atoms with E-state index in [9.17, 15) is 9.59 Å². The fraction of sp³-hybridized carbons (Fsp3) is 0.704. The average molecular weight is 473 g/mol. The van der Waals surface area contributed by atoms with Gasteiger partial charge < -0.3 is 13.9 Å². The van der Waals surface area contributed by atoms with E-state index in [2.05, 4.69) is 40.8 Å². The van der Waals surface area contributed by atoms with Crippen molar-refractivity contribution in [1.82, 2.24) is 0 Å². The summed E-state index contributed by atoms with van der Waals surface area (Å²) in [6, 6.07) is 9.72. The molecular formula is C27H40O5Si. The number of carbonyl (C=O) groups is 2. The minimum Gasteiger partial charge on any atom is -0.456 e. The van der Waals surface area contributed by atoms with E-state index in [1.807, 2.05) is 37.3 Å². The second-order valence-corrected chi connectivity index (χ2v) is 17.0. The standard InChI is InChI=1S/C27H40O5Si/c1-18-21-14-15-26(22(18)32-33(7,8)24(3,4)5)25(6,16-21)31-23(29)27(26,19(2)28)30-17-20-12-10-9-11-13-20/h9-13,18,21-22H,14-17H2,1-8H3/t18-,21-,22+,25-,26+,27+/m1/s1. The maximum Gasteiger partial charge on any atom is 0.347 e. The number of hydrogen-bond acceptors (Lipinski definition) is 5. The fourth-order valence-corrected chi connectivity index (χ4v) is 8.01. The quantitative estimate of drug-likeness (QED) is 0.303. The Bertz CT molecular complexity index is 938. The van der Waals surface area contributed by atoms with Crippen molar-refractivity contribution in [3.05, 3.63) is 35.9 Å². The normalized spacial score (nSPS) is 38.2. The molecule has 5 nitrogen and oxygen atoms in total. The van der Waals surface area contributed by atoms with Crippen molar-refractivity contribution in [2.75, 3.05) is 0 Å². The number of benzene rings is 1. The van der Waals surface area contributed by atoms with E-state index in [0.717, 1.165) is 18.4 Å². The lowest BCUT2D eigenvalue weighted by Crippen LogP contribution is -2.74. The molecule has 1 saturated heterocycles. The minimum atomic E-state index is -2.21. The highest BCUT2D eigenvalue weighted by atomic mass is 28.4. The number of ketones is 1. The van der Waals surface area contributed by atoms with E-state index in [1.54, 1.807) is 0 Å². The molecule has 182 valence electrons. The smallest absolute Gasteiger partial charge is 0.347 e. The Hall–Kier alpha value is -1.50. The van der Waals surface area contributed by atoms with Crippen LogP contribution in [0.4, 0.5) is 0 Å². The number of Topliss-reactive ketones (excluding diaryl/α,β-unsaturated/α-hetero) is 1. The maximum absolute atomic E-state index is 13.7. The zero-order valence-electron chi connectivity index (χ0n) is 21.5. The number of esters is 1. The van der Waals surface area contributed by atoms with Crippen molar-refractivity contribution < 1.29 is 23.5 Å². The summed E-state index contributed by atoms with van der Waals surface area (Å²) in [5.74, 6) is -0.193. The molecule has 6 heteroatoms. The SMILES string of the molecule is CC(=O)[C@]1(OCc2ccccc2)C(=O)O[C@]2(C)C[C@H]3CC[C@@]12[C@@H](O[Si](C)(C)C(C)(C)C)[C@@H]3C. The summed E-state index contributed by atoms with van der Waals surface area (Å²) in [5, 5.41) is 0.00367. The highest BCUT2D eigenvalue weighted by Crippen LogP contribution is 2.70. The van der Waals surface area contributed by atoms with Crippen molar-refractivity contribution in [3.63, 3.8) is 0 Å². The number of carbonyl (C=O) groups excluding carboxylic acids is 2. The summed E-state index contributed by atoms with van der Waals surface area (Å²) in [6.07, 6.45) is 2.12. The Morgan fingerprint density at radius 3 is 2.42 bits per heavy atom. The number of fused-ring (bicyclic) bond motifs is 2. The number of hydrogen-bond donors (Lipinski definition) is 0. The number of rotatable bonds is 6. The van der Waals surface area contributed by atoms with Crippen LogP contribution in [-0.4, -0.2) is 37.4 Å². The van der Waals surface area contributed by atoms with Crippen LogP contribution in [0.3, 0.4) is 0 Å². The molecule has 0 radical (unpaired) electrons. The van der Waals surface area contributed by atoms with Gasteiger partial charge in [-0.15, -0.1) is 0 Å². The molecule has 0 unspecified atom stereocenters. The first-order valence-corrected chi connectivity index (χ1v) is 15.2. The lowest BCUT2D eigenvalue weighted by molar-refractivity contribution is -0.245. The molecule has 1 aliphatic heterocycles. The minimum absolute atomic E-state index is 0.00367. The molecule has 1 spiro atoms. The van der Waals surface area contributed by atoms with Crippen molar-refractivity contribution in [2.24, 2.45) is 17.3 Å². The van der Waals surface area contributed by atoms with Crippen LogP contribution in [0.1, 0.15) is 66.4 Å². The van der Waals surface area contributed by atoms with Crippen LogP contribution in [0.25, 0.3) is 0 Å². The van der Waals surface area contributed by atoms with E-state index in [4.69, 9.17) is 13.9 Å². The van der Waals surface area contributed by atoms with Crippen LogP contribution in [0.15, 0.2) is 30.3 Å². The first-order chi connectivity index (χ1) is 15.2. The van der Waals surface area contributed by atoms with Crippen LogP contribution < -0.4 is 0 Å². The van der Waals surface area contributed by atoms with E-state index >= 15 is 0 Å². The lowest BCUT2D eigenvalue weighted by Gasteiger charge is -2.64. The van der Waals surface area contributed by atoms with Crippen LogP contribution >= 0.6 is 0 Å². The molecule has 1 aromatic carbocycles. The van der Waals surface area contributed by atoms with Gasteiger partial charge >= 0.3 is 5.97 Å². The average Bonchev–Trinajstić information content (AvgIpc) is 2.92. The van der Waals surface area contributed by atoms with E-state index < -0.39 is 30.9 Å². The molecule has 0 N–H and O–H groups in total. The molecule has 0 aromatic heterocycles. The lowest BCUT2D eigenvalue weighted by atomic mass is 9.44. The van der Waals surface area contributed by atoms with Gasteiger partial charge in [0.05, 0.1) is 18.1 Å². The highest BCUT2D eigenvalue weighted by Gasteiger charge is 2.83. The summed E-state index contributed by atoms with van der Waals surface area (Å²) < 4.78 is 19.8. The van der Waals surface area contributed by atoms with E-state index in [1.165, 1.54) is 6.92 Å². The van der Waals surface area contributed by atoms with Gasteiger partial charge in [0.2, 0.25) is 5.60 Å². The van der Waals surface area contributed by atoms with Gasteiger partial charge in [0, 0.05) is 0 Å². The van der Waals surface area contributed by atoms with Crippen molar-refractivity contribution in [3.8, 4) is 0 Å². The van der Waals surface area contributed by atoms with Gasteiger partial charge in [-0.25, -0.2) is 4.79 Å². The first kappa shape index (κ1) is 24.6. The molecule has 4 fully saturated rings. The Morgan fingerprint density at radius 2 is 1.85 bits per heavy atom.